The molecule has 0 radical (unpaired) electrons. The first kappa shape index (κ1) is 20.4. The van der Waals surface area contributed by atoms with E-state index < -0.39 is 23.4 Å². The van der Waals surface area contributed by atoms with Crippen LogP contribution in [0.4, 0.5) is 13.2 Å². The molecule has 1 saturated carbocycles. The van der Waals surface area contributed by atoms with Gasteiger partial charge in [0.15, 0.2) is 17.5 Å². The molecule has 3 rings (SSSR count). The fourth-order valence-corrected chi connectivity index (χ4v) is 4.05. The van der Waals surface area contributed by atoms with Crippen molar-refractivity contribution in [2.75, 3.05) is 0 Å². The van der Waals surface area contributed by atoms with Crippen LogP contribution in [0.5, 0.6) is 5.75 Å². The van der Waals surface area contributed by atoms with E-state index in [0.717, 1.165) is 37.2 Å². The number of hydrogen-bond donors (Lipinski definition) is 0. The Labute approximate surface area is 163 Å². The molecule has 0 atom stereocenters. The van der Waals surface area contributed by atoms with Gasteiger partial charge in [0.05, 0.1) is 5.56 Å². The van der Waals surface area contributed by atoms with E-state index in [2.05, 4.69) is 6.92 Å². The molecule has 150 valence electrons. The van der Waals surface area contributed by atoms with Crippen LogP contribution < -0.4 is 4.74 Å². The van der Waals surface area contributed by atoms with Crippen LogP contribution in [-0.2, 0) is 0 Å². The third-order valence-electron chi connectivity index (χ3n) is 5.60. The zero-order valence-corrected chi connectivity index (χ0v) is 16.0. The Morgan fingerprint density at radius 2 is 1.68 bits per heavy atom. The van der Waals surface area contributed by atoms with Crippen LogP contribution in [0.15, 0.2) is 36.4 Å². The summed E-state index contributed by atoms with van der Waals surface area (Å²) in [4.78, 5) is 12.6. The Kier molecular flexibility index (Phi) is 6.76. The molecule has 28 heavy (non-hydrogen) atoms. The van der Waals surface area contributed by atoms with Crippen LogP contribution in [0.1, 0.15) is 73.7 Å². The van der Waals surface area contributed by atoms with Crippen molar-refractivity contribution in [2.45, 2.75) is 57.8 Å². The van der Waals surface area contributed by atoms with Crippen LogP contribution in [0.3, 0.4) is 0 Å². The Morgan fingerprint density at radius 1 is 1.04 bits per heavy atom. The lowest BCUT2D eigenvalue weighted by molar-refractivity contribution is 0.0731. The highest BCUT2D eigenvalue weighted by Crippen LogP contribution is 2.39. The molecule has 2 nitrogen and oxygen atoms in total. The monoisotopic (exact) mass is 390 g/mol. The largest absolute Gasteiger partial charge is 0.423 e. The van der Waals surface area contributed by atoms with Gasteiger partial charge in [0.1, 0.15) is 5.75 Å². The second-order valence-electron chi connectivity index (χ2n) is 7.54. The van der Waals surface area contributed by atoms with E-state index in [-0.39, 0.29) is 11.7 Å². The second kappa shape index (κ2) is 9.26. The van der Waals surface area contributed by atoms with Crippen LogP contribution in [0.2, 0.25) is 0 Å². The summed E-state index contributed by atoms with van der Waals surface area (Å²) in [5.74, 6) is -4.37. The standard InChI is InChI=1S/C23H25F3O2/c1-2-3-6-15-9-11-16(12-10-15)18-7-4-5-8-19(18)23(27)28-17-13-20(24)22(26)21(25)14-17/h4-5,7-8,13-16H,2-3,6,9-12H2,1H3. The van der Waals surface area contributed by atoms with Crippen LogP contribution >= 0.6 is 0 Å². The smallest absolute Gasteiger partial charge is 0.343 e. The molecular formula is C23H25F3O2. The van der Waals surface area contributed by atoms with Gasteiger partial charge in [0.25, 0.3) is 0 Å². The zero-order chi connectivity index (χ0) is 20.1. The van der Waals surface area contributed by atoms with E-state index in [4.69, 9.17) is 4.74 Å². The van der Waals surface area contributed by atoms with Crippen molar-refractivity contribution in [1.82, 2.24) is 0 Å². The summed E-state index contributed by atoms with van der Waals surface area (Å²) >= 11 is 0. The van der Waals surface area contributed by atoms with Gasteiger partial charge in [-0.15, -0.1) is 0 Å². The van der Waals surface area contributed by atoms with E-state index in [9.17, 15) is 18.0 Å². The zero-order valence-electron chi connectivity index (χ0n) is 16.0. The number of ether oxygens (including phenoxy) is 1. The fraction of sp³-hybridized carbons (Fsp3) is 0.435. The van der Waals surface area contributed by atoms with Crippen molar-refractivity contribution in [3.8, 4) is 5.75 Å². The second-order valence-corrected chi connectivity index (χ2v) is 7.54. The Morgan fingerprint density at radius 3 is 2.32 bits per heavy atom. The van der Waals surface area contributed by atoms with Crippen molar-refractivity contribution >= 4 is 5.97 Å². The number of carbonyl (C=O) groups is 1. The van der Waals surface area contributed by atoms with E-state index in [1.165, 1.54) is 19.3 Å². The average Bonchev–Trinajstić information content (AvgIpc) is 2.71. The molecule has 0 heterocycles. The summed E-state index contributed by atoms with van der Waals surface area (Å²) in [5.41, 5.74) is 1.30. The molecule has 0 aromatic heterocycles. The molecular weight excluding hydrogens is 365 g/mol. The summed E-state index contributed by atoms with van der Waals surface area (Å²) < 4.78 is 45.0. The highest BCUT2D eigenvalue weighted by atomic mass is 19.2. The van der Waals surface area contributed by atoms with Crippen LogP contribution in [0, 0.1) is 23.4 Å². The molecule has 0 N–H and O–H groups in total. The maximum Gasteiger partial charge on any atom is 0.343 e. The minimum atomic E-state index is -1.58. The number of unbranched alkanes of at least 4 members (excludes halogenated alkanes) is 1. The lowest BCUT2D eigenvalue weighted by Gasteiger charge is -2.29. The molecule has 0 saturated heterocycles. The number of halogens is 3. The SMILES string of the molecule is CCCCC1CCC(c2ccccc2C(=O)Oc2cc(F)c(F)c(F)c2)CC1. The molecule has 1 aliphatic rings. The Bertz CT molecular complexity index is 803. The van der Waals surface area contributed by atoms with Gasteiger partial charge in [0, 0.05) is 12.1 Å². The number of esters is 1. The van der Waals surface area contributed by atoms with E-state index in [0.29, 0.717) is 17.7 Å². The summed E-state index contributed by atoms with van der Waals surface area (Å²) in [6.45, 7) is 2.20. The quantitative estimate of drug-likeness (QED) is 0.308. The molecule has 0 bridgehead atoms. The molecule has 0 spiro atoms. The van der Waals surface area contributed by atoms with Gasteiger partial charge in [-0.3, -0.25) is 0 Å². The van der Waals surface area contributed by atoms with Gasteiger partial charge in [-0.05, 0) is 49.1 Å². The normalized spacial score (nSPS) is 19.4. The number of hydrogen-bond acceptors (Lipinski definition) is 2. The van der Waals surface area contributed by atoms with Gasteiger partial charge < -0.3 is 4.74 Å². The van der Waals surface area contributed by atoms with E-state index >= 15 is 0 Å². The van der Waals surface area contributed by atoms with Gasteiger partial charge in [-0.2, -0.15) is 0 Å². The molecule has 2 aromatic rings. The summed E-state index contributed by atoms with van der Waals surface area (Å²) in [7, 11) is 0. The first-order chi connectivity index (χ1) is 13.5. The lowest BCUT2D eigenvalue weighted by atomic mass is 9.76. The first-order valence-corrected chi connectivity index (χ1v) is 9.95. The predicted octanol–water partition coefficient (Wildman–Crippen LogP) is 6.79. The topological polar surface area (TPSA) is 26.3 Å². The van der Waals surface area contributed by atoms with Crippen molar-refractivity contribution in [3.63, 3.8) is 0 Å². The minimum Gasteiger partial charge on any atom is -0.423 e. The van der Waals surface area contributed by atoms with E-state index in [1.807, 2.05) is 12.1 Å². The van der Waals surface area contributed by atoms with Gasteiger partial charge in [-0.25, -0.2) is 18.0 Å². The first-order valence-electron chi connectivity index (χ1n) is 9.95. The summed E-state index contributed by atoms with van der Waals surface area (Å²) in [6, 6.07) is 8.55. The average molecular weight is 390 g/mol. The van der Waals surface area contributed by atoms with Crippen molar-refractivity contribution in [2.24, 2.45) is 5.92 Å². The third kappa shape index (κ3) is 4.75. The Balaban J connectivity index is 1.73. The predicted molar refractivity (Wildman–Crippen MR) is 102 cm³/mol. The van der Waals surface area contributed by atoms with Crippen LogP contribution in [-0.4, -0.2) is 5.97 Å². The highest BCUT2D eigenvalue weighted by Gasteiger charge is 2.26. The van der Waals surface area contributed by atoms with Gasteiger partial charge >= 0.3 is 5.97 Å². The maximum atomic E-state index is 13.4. The van der Waals surface area contributed by atoms with E-state index in [1.54, 1.807) is 12.1 Å². The van der Waals surface area contributed by atoms with Crippen molar-refractivity contribution < 1.29 is 22.7 Å². The number of rotatable bonds is 6. The molecule has 1 aliphatic carbocycles. The molecule has 0 amide bonds. The number of benzene rings is 2. The minimum absolute atomic E-state index is 0.267. The molecule has 5 heteroatoms. The van der Waals surface area contributed by atoms with Crippen LogP contribution in [0.25, 0.3) is 0 Å². The molecule has 0 unspecified atom stereocenters. The van der Waals surface area contributed by atoms with Gasteiger partial charge in [0.2, 0.25) is 0 Å². The molecule has 1 fully saturated rings. The maximum absolute atomic E-state index is 13.4. The third-order valence-corrected chi connectivity index (χ3v) is 5.60. The fourth-order valence-electron chi connectivity index (χ4n) is 4.05. The van der Waals surface area contributed by atoms with Gasteiger partial charge in [-0.1, -0.05) is 44.4 Å². The van der Waals surface area contributed by atoms with Crippen molar-refractivity contribution in [1.29, 1.82) is 0 Å². The summed E-state index contributed by atoms with van der Waals surface area (Å²) in [6.07, 6.45) is 8.03. The lowest BCUT2D eigenvalue weighted by Crippen LogP contribution is -2.18. The highest BCUT2D eigenvalue weighted by molar-refractivity contribution is 5.92. The molecule has 2 aromatic carbocycles. The number of carbonyl (C=O) groups excluding carboxylic acids is 1. The van der Waals surface area contributed by atoms with Crippen molar-refractivity contribution in [3.05, 3.63) is 65.0 Å². The Hall–Kier alpha value is -2.30. The summed E-state index contributed by atoms with van der Waals surface area (Å²) in [5, 5.41) is 0. The molecule has 0 aliphatic heterocycles.